The van der Waals surface area contributed by atoms with Crippen molar-refractivity contribution in [3.8, 4) is 11.5 Å². The molecule has 0 heterocycles. The molecule has 1 aliphatic rings. The molecule has 3 rings (SSSR count). The van der Waals surface area contributed by atoms with Gasteiger partial charge in [0.15, 0.2) is 11.6 Å². The Kier molecular flexibility index (Phi) is 8.16. The molecule has 0 spiro atoms. The first-order chi connectivity index (χ1) is 16.3. The van der Waals surface area contributed by atoms with E-state index in [-0.39, 0.29) is 23.6 Å². The molecular weight excluding hydrogens is 491 g/mol. The molecule has 0 saturated heterocycles. The van der Waals surface area contributed by atoms with Crippen molar-refractivity contribution in [1.29, 1.82) is 0 Å². The Bertz CT molecular complexity index is 982. The molecule has 35 heavy (non-hydrogen) atoms. The van der Waals surface area contributed by atoms with Crippen LogP contribution in [0.15, 0.2) is 24.3 Å². The number of halogens is 9. The fraction of sp³-hybridized carbons (Fsp3) is 0.500. The van der Waals surface area contributed by atoms with Crippen LogP contribution in [0.1, 0.15) is 68.9 Å². The van der Waals surface area contributed by atoms with Gasteiger partial charge in [-0.3, -0.25) is 0 Å². The van der Waals surface area contributed by atoms with Gasteiger partial charge < -0.3 is 9.47 Å². The van der Waals surface area contributed by atoms with Gasteiger partial charge in [-0.25, -0.2) is 17.6 Å². The molecule has 0 aromatic heterocycles. The van der Waals surface area contributed by atoms with Crippen LogP contribution in [0.5, 0.6) is 11.5 Å². The van der Waals surface area contributed by atoms with E-state index in [1.54, 1.807) is 0 Å². The molecule has 2 nitrogen and oxygen atoms in total. The molecule has 0 aliphatic heterocycles. The standard InChI is InChI=1S/C24H23F9O2/c1-2-3-4-13-5-7-14(8-6-13)15-9-17(25)21(18(26)10-15)23(29,30)34-16-11-19(27)22(20(28)12-16)35-24(31,32)33/h9-14H,2-8H2,1H3/t13-,14-. The molecule has 194 valence electrons. The largest absolute Gasteiger partial charge is 0.573 e. The maximum atomic E-state index is 14.6. The maximum absolute atomic E-state index is 14.6. The Hall–Kier alpha value is -2.59. The molecule has 2 aromatic carbocycles. The number of hydrogen-bond donors (Lipinski definition) is 0. The highest BCUT2D eigenvalue weighted by Gasteiger charge is 2.42. The number of hydrogen-bond acceptors (Lipinski definition) is 2. The van der Waals surface area contributed by atoms with E-state index in [9.17, 15) is 39.5 Å². The normalized spacial score (nSPS) is 19.0. The van der Waals surface area contributed by atoms with Gasteiger partial charge in [-0.1, -0.05) is 26.2 Å². The van der Waals surface area contributed by atoms with Crippen LogP contribution in [-0.4, -0.2) is 6.36 Å². The fourth-order valence-electron chi connectivity index (χ4n) is 4.39. The summed E-state index contributed by atoms with van der Waals surface area (Å²) in [5.74, 6) is -10.1. The topological polar surface area (TPSA) is 18.5 Å². The molecule has 0 atom stereocenters. The number of rotatable bonds is 8. The van der Waals surface area contributed by atoms with Gasteiger partial charge in [0.05, 0.1) is 0 Å². The van der Waals surface area contributed by atoms with E-state index in [2.05, 4.69) is 16.4 Å². The molecule has 0 amide bonds. The van der Waals surface area contributed by atoms with Crippen LogP contribution in [0, 0.1) is 29.2 Å². The summed E-state index contributed by atoms with van der Waals surface area (Å²) in [6, 6.07) is 1.54. The molecule has 1 fully saturated rings. The Morgan fingerprint density at radius 3 is 1.80 bits per heavy atom. The third-order valence-electron chi connectivity index (χ3n) is 6.08. The second-order valence-corrected chi connectivity index (χ2v) is 8.60. The van der Waals surface area contributed by atoms with E-state index in [1.807, 2.05) is 0 Å². The first kappa shape index (κ1) is 27.0. The lowest BCUT2D eigenvalue weighted by atomic mass is 9.77. The van der Waals surface area contributed by atoms with Crippen molar-refractivity contribution in [3.05, 3.63) is 58.7 Å². The zero-order valence-electron chi connectivity index (χ0n) is 18.6. The van der Waals surface area contributed by atoms with E-state index in [1.165, 1.54) is 0 Å². The van der Waals surface area contributed by atoms with E-state index in [0.29, 0.717) is 18.8 Å². The molecule has 11 heteroatoms. The van der Waals surface area contributed by atoms with Crippen molar-refractivity contribution in [3.63, 3.8) is 0 Å². The summed E-state index contributed by atoms with van der Waals surface area (Å²) in [5, 5.41) is 0. The van der Waals surface area contributed by atoms with Crippen molar-refractivity contribution in [1.82, 2.24) is 0 Å². The molecule has 0 bridgehead atoms. The Morgan fingerprint density at radius 1 is 0.771 bits per heavy atom. The predicted molar refractivity (Wildman–Crippen MR) is 108 cm³/mol. The summed E-state index contributed by atoms with van der Waals surface area (Å²) in [7, 11) is 0. The Morgan fingerprint density at radius 2 is 1.31 bits per heavy atom. The van der Waals surface area contributed by atoms with Crippen molar-refractivity contribution in [2.24, 2.45) is 5.92 Å². The third kappa shape index (κ3) is 6.76. The number of alkyl halides is 5. The summed E-state index contributed by atoms with van der Waals surface area (Å²) < 4.78 is 130. The first-order valence-corrected chi connectivity index (χ1v) is 11.1. The van der Waals surface area contributed by atoms with Gasteiger partial charge >= 0.3 is 12.5 Å². The summed E-state index contributed by atoms with van der Waals surface area (Å²) >= 11 is 0. The lowest BCUT2D eigenvalue weighted by Crippen LogP contribution is -2.26. The van der Waals surface area contributed by atoms with Gasteiger partial charge in [0.25, 0.3) is 0 Å². The third-order valence-corrected chi connectivity index (χ3v) is 6.08. The van der Waals surface area contributed by atoms with Crippen molar-refractivity contribution >= 4 is 0 Å². The van der Waals surface area contributed by atoms with E-state index < -0.39 is 52.8 Å². The highest BCUT2D eigenvalue weighted by atomic mass is 19.4. The lowest BCUT2D eigenvalue weighted by Gasteiger charge is -2.29. The molecule has 1 aliphatic carbocycles. The van der Waals surface area contributed by atoms with Gasteiger partial charge in [-0.05, 0) is 55.2 Å². The highest BCUT2D eigenvalue weighted by molar-refractivity contribution is 5.37. The zero-order valence-corrected chi connectivity index (χ0v) is 18.6. The maximum Gasteiger partial charge on any atom is 0.573 e. The highest BCUT2D eigenvalue weighted by Crippen LogP contribution is 2.42. The van der Waals surface area contributed by atoms with E-state index in [0.717, 1.165) is 44.2 Å². The minimum absolute atomic E-state index is 0.0147. The molecule has 0 unspecified atom stereocenters. The fourth-order valence-corrected chi connectivity index (χ4v) is 4.39. The smallest absolute Gasteiger partial charge is 0.429 e. The summed E-state index contributed by atoms with van der Waals surface area (Å²) in [6.45, 7) is 2.09. The summed E-state index contributed by atoms with van der Waals surface area (Å²) in [5.41, 5.74) is -1.56. The molecule has 1 saturated carbocycles. The predicted octanol–water partition coefficient (Wildman–Crippen LogP) is 8.73. The van der Waals surface area contributed by atoms with Gasteiger partial charge in [0, 0.05) is 12.1 Å². The molecule has 2 aromatic rings. The SMILES string of the molecule is CCCC[C@H]1CC[C@H](c2cc(F)c(C(F)(F)Oc3cc(F)c(OC(F)(F)F)c(F)c3)c(F)c2)CC1. The molecular formula is C24H23F9O2. The number of ether oxygens (including phenoxy) is 2. The van der Waals surface area contributed by atoms with Crippen molar-refractivity contribution in [2.45, 2.75) is 70.3 Å². The number of benzene rings is 2. The van der Waals surface area contributed by atoms with E-state index >= 15 is 0 Å². The lowest BCUT2D eigenvalue weighted by molar-refractivity contribution is -0.276. The van der Waals surface area contributed by atoms with Crippen LogP contribution in [0.4, 0.5) is 39.5 Å². The summed E-state index contributed by atoms with van der Waals surface area (Å²) in [4.78, 5) is 0. The van der Waals surface area contributed by atoms with Gasteiger partial charge in [-0.2, -0.15) is 8.78 Å². The van der Waals surface area contributed by atoms with Crippen LogP contribution in [0.3, 0.4) is 0 Å². The quantitative estimate of drug-likeness (QED) is 0.328. The van der Waals surface area contributed by atoms with Gasteiger partial charge in [0.1, 0.15) is 22.9 Å². The van der Waals surface area contributed by atoms with Crippen molar-refractivity contribution in [2.75, 3.05) is 0 Å². The second kappa shape index (κ2) is 10.6. The Balaban J connectivity index is 1.78. The van der Waals surface area contributed by atoms with Crippen LogP contribution in [-0.2, 0) is 6.11 Å². The van der Waals surface area contributed by atoms with Crippen LogP contribution in [0.2, 0.25) is 0 Å². The second-order valence-electron chi connectivity index (χ2n) is 8.60. The average Bonchev–Trinajstić information content (AvgIpc) is 2.73. The van der Waals surface area contributed by atoms with Gasteiger partial charge in [0.2, 0.25) is 5.75 Å². The van der Waals surface area contributed by atoms with Crippen molar-refractivity contribution < 1.29 is 49.0 Å². The minimum Gasteiger partial charge on any atom is -0.429 e. The number of unbranched alkanes of at least 4 members (excludes halogenated alkanes) is 1. The molecule has 0 radical (unpaired) electrons. The van der Waals surface area contributed by atoms with E-state index in [4.69, 9.17) is 0 Å². The average molecular weight is 514 g/mol. The summed E-state index contributed by atoms with van der Waals surface area (Å²) in [6.07, 6.45) is -3.91. The van der Waals surface area contributed by atoms with Crippen LogP contribution < -0.4 is 9.47 Å². The molecule has 0 N–H and O–H groups in total. The Labute approximate surface area is 196 Å². The monoisotopic (exact) mass is 514 g/mol. The van der Waals surface area contributed by atoms with Crippen LogP contribution >= 0.6 is 0 Å². The first-order valence-electron chi connectivity index (χ1n) is 11.1. The van der Waals surface area contributed by atoms with Crippen LogP contribution in [0.25, 0.3) is 0 Å². The van der Waals surface area contributed by atoms with Gasteiger partial charge in [-0.15, -0.1) is 13.2 Å². The zero-order chi connectivity index (χ0) is 26.0. The minimum atomic E-state index is -5.45.